The number of fused-ring (bicyclic) bond motifs is 1. The van der Waals surface area contributed by atoms with Crippen molar-refractivity contribution >= 4 is 28.6 Å². The number of hydrogen-bond donors (Lipinski definition) is 2. The lowest BCUT2D eigenvalue weighted by Crippen LogP contribution is -2.34. The second kappa shape index (κ2) is 10.1. The summed E-state index contributed by atoms with van der Waals surface area (Å²) in [5, 5.41) is 6.98. The van der Waals surface area contributed by atoms with E-state index in [4.69, 9.17) is 0 Å². The molecule has 1 aliphatic carbocycles. The van der Waals surface area contributed by atoms with E-state index in [9.17, 15) is 22.4 Å². The first-order chi connectivity index (χ1) is 16.6. The van der Waals surface area contributed by atoms with Crippen LogP contribution in [0.15, 0.2) is 42.5 Å². The lowest BCUT2D eigenvalue weighted by molar-refractivity contribution is -0.137. The molecule has 0 unspecified atom stereocenters. The number of rotatable bonds is 6. The Hall–Kier alpha value is -3.43. The molecule has 3 aromatic rings. The highest BCUT2D eigenvalue weighted by molar-refractivity contribution is 5.94. The Morgan fingerprint density at radius 3 is 2.46 bits per heavy atom. The van der Waals surface area contributed by atoms with Gasteiger partial charge in [0.15, 0.2) is 0 Å². The van der Waals surface area contributed by atoms with Crippen LogP contribution in [0.4, 0.5) is 29.3 Å². The van der Waals surface area contributed by atoms with Crippen LogP contribution in [0.25, 0.3) is 10.9 Å². The van der Waals surface area contributed by atoms with Gasteiger partial charge in [-0.25, -0.2) is 9.37 Å². The van der Waals surface area contributed by atoms with Crippen molar-refractivity contribution in [1.29, 1.82) is 0 Å². The minimum atomic E-state index is -4.64. The number of aromatic nitrogens is 2. The normalized spacial score (nSPS) is 18.3. The van der Waals surface area contributed by atoms with Crippen molar-refractivity contribution in [2.24, 2.45) is 5.92 Å². The van der Waals surface area contributed by atoms with E-state index in [1.807, 2.05) is 43.3 Å². The summed E-state index contributed by atoms with van der Waals surface area (Å²) in [4.78, 5) is 23.6. The second-order valence-corrected chi connectivity index (χ2v) is 9.05. The highest BCUT2D eigenvalue weighted by Gasteiger charge is 2.32. The van der Waals surface area contributed by atoms with Crippen molar-refractivity contribution in [2.45, 2.75) is 37.9 Å². The maximum absolute atomic E-state index is 14.0. The van der Waals surface area contributed by atoms with E-state index in [0.29, 0.717) is 24.1 Å². The molecule has 0 atom stereocenters. The van der Waals surface area contributed by atoms with Gasteiger partial charge >= 0.3 is 6.18 Å². The number of nitrogens with zero attached hydrogens (tertiary/aromatic N) is 3. The number of carbonyl (C=O) groups is 1. The summed E-state index contributed by atoms with van der Waals surface area (Å²) in [6.07, 6.45) is -1.39. The predicted molar refractivity (Wildman–Crippen MR) is 127 cm³/mol. The molecule has 10 heteroatoms. The Morgan fingerprint density at radius 2 is 1.77 bits per heavy atom. The van der Waals surface area contributed by atoms with E-state index >= 15 is 0 Å². The Balaban J connectivity index is 1.33. The number of para-hydroxylation sites is 1. The van der Waals surface area contributed by atoms with Crippen molar-refractivity contribution in [3.63, 3.8) is 0 Å². The first-order valence-corrected chi connectivity index (χ1v) is 11.5. The summed E-state index contributed by atoms with van der Waals surface area (Å²) in [5.41, 5.74) is -0.795. The topological polar surface area (TPSA) is 70.2 Å². The number of benzene rings is 2. The lowest BCUT2D eigenvalue weighted by Gasteiger charge is -2.29. The van der Waals surface area contributed by atoms with Gasteiger partial charge < -0.3 is 15.5 Å². The zero-order chi connectivity index (χ0) is 25.2. The van der Waals surface area contributed by atoms with E-state index in [2.05, 4.69) is 20.6 Å². The quantitative estimate of drug-likeness (QED) is 0.463. The van der Waals surface area contributed by atoms with Gasteiger partial charge in [0, 0.05) is 32.1 Å². The van der Waals surface area contributed by atoms with E-state index in [1.165, 1.54) is 0 Å². The number of amides is 1. The third kappa shape index (κ3) is 5.80. The Kier molecular flexibility index (Phi) is 7.09. The molecule has 6 nitrogen and oxygen atoms in total. The predicted octanol–water partition coefficient (Wildman–Crippen LogP) is 5.25. The second-order valence-electron chi connectivity index (χ2n) is 9.05. The maximum atomic E-state index is 14.0. The molecule has 186 valence electrons. The molecule has 1 aromatic heterocycles. The average molecular weight is 490 g/mol. The number of anilines is 2. The van der Waals surface area contributed by atoms with Crippen LogP contribution in [-0.2, 0) is 6.18 Å². The maximum Gasteiger partial charge on any atom is 0.416 e. The zero-order valence-electron chi connectivity index (χ0n) is 19.5. The van der Waals surface area contributed by atoms with Crippen molar-refractivity contribution in [3.8, 4) is 0 Å². The van der Waals surface area contributed by atoms with Crippen molar-refractivity contribution in [1.82, 2.24) is 15.3 Å². The number of carbonyl (C=O) groups excluding carboxylic acids is 1. The van der Waals surface area contributed by atoms with Crippen molar-refractivity contribution in [2.75, 3.05) is 30.9 Å². The van der Waals surface area contributed by atoms with Crippen LogP contribution in [0.3, 0.4) is 0 Å². The highest BCUT2D eigenvalue weighted by Crippen LogP contribution is 2.31. The minimum absolute atomic E-state index is 0.153. The fourth-order valence-corrected chi connectivity index (χ4v) is 4.37. The molecule has 35 heavy (non-hydrogen) atoms. The molecular weight excluding hydrogens is 462 g/mol. The van der Waals surface area contributed by atoms with E-state index in [1.54, 1.807) is 0 Å². The molecule has 1 fully saturated rings. The number of nitrogens with one attached hydrogen (secondary N) is 2. The highest BCUT2D eigenvalue weighted by atomic mass is 19.4. The lowest BCUT2D eigenvalue weighted by atomic mass is 9.86. The molecule has 1 amide bonds. The Labute approximate surface area is 200 Å². The van der Waals surface area contributed by atoms with E-state index in [-0.39, 0.29) is 18.5 Å². The molecule has 0 aliphatic heterocycles. The van der Waals surface area contributed by atoms with Crippen LogP contribution >= 0.6 is 0 Å². The van der Waals surface area contributed by atoms with Crippen molar-refractivity contribution in [3.05, 3.63) is 59.4 Å². The number of halogens is 4. The van der Waals surface area contributed by atoms with Gasteiger partial charge in [0.2, 0.25) is 5.95 Å². The zero-order valence-corrected chi connectivity index (χ0v) is 19.5. The molecule has 0 radical (unpaired) electrons. The fraction of sp³-hybridized carbons (Fsp3) is 0.400. The van der Waals surface area contributed by atoms with Gasteiger partial charge in [0.25, 0.3) is 5.91 Å². The minimum Gasteiger partial charge on any atom is -0.362 e. The van der Waals surface area contributed by atoms with Gasteiger partial charge in [0.1, 0.15) is 11.6 Å². The van der Waals surface area contributed by atoms with Gasteiger partial charge in [-0.1, -0.05) is 12.1 Å². The van der Waals surface area contributed by atoms with Crippen LogP contribution in [0.1, 0.15) is 41.6 Å². The summed E-state index contributed by atoms with van der Waals surface area (Å²) in [6, 6.07) is 9.83. The molecule has 4 rings (SSSR count). The first kappa shape index (κ1) is 24.7. The van der Waals surface area contributed by atoms with Gasteiger partial charge in [-0.05, 0) is 61.9 Å². The summed E-state index contributed by atoms with van der Waals surface area (Å²) in [5.74, 6) is -0.272. The first-order valence-electron chi connectivity index (χ1n) is 11.5. The SMILES string of the molecule is CN(C)c1nc(NC2CCC(CNC(=O)c3cc(C(F)(F)F)ccc3F)CC2)nc2ccccc12. The van der Waals surface area contributed by atoms with Gasteiger partial charge in [-0.3, -0.25) is 4.79 Å². The molecule has 2 aromatic carbocycles. The Bertz CT molecular complexity index is 1210. The van der Waals surface area contributed by atoms with Crippen LogP contribution in [-0.4, -0.2) is 42.6 Å². The van der Waals surface area contributed by atoms with Crippen LogP contribution in [0.5, 0.6) is 0 Å². The molecule has 1 heterocycles. The molecular formula is C25H27F4N5O. The van der Waals surface area contributed by atoms with Crippen LogP contribution in [0, 0.1) is 11.7 Å². The number of alkyl halides is 3. The molecule has 0 spiro atoms. The molecule has 0 bridgehead atoms. The monoisotopic (exact) mass is 489 g/mol. The Morgan fingerprint density at radius 1 is 1.06 bits per heavy atom. The third-order valence-corrected chi connectivity index (χ3v) is 6.28. The average Bonchev–Trinajstić information content (AvgIpc) is 2.82. The fourth-order valence-electron chi connectivity index (χ4n) is 4.37. The smallest absolute Gasteiger partial charge is 0.362 e. The third-order valence-electron chi connectivity index (χ3n) is 6.28. The van der Waals surface area contributed by atoms with Crippen LogP contribution in [0.2, 0.25) is 0 Å². The summed E-state index contributed by atoms with van der Waals surface area (Å²) in [6.45, 7) is 0.276. The summed E-state index contributed by atoms with van der Waals surface area (Å²) < 4.78 is 52.7. The molecule has 1 saturated carbocycles. The standard InChI is InChI=1S/C25H27F4N5O/c1-34(2)22-18-5-3-4-6-21(18)32-24(33-22)31-17-10-7-15(8-11-17)14-30-23(35)19-13-16(25(27,28)29)9-12-20(19)26/h3-6,9,12-13,15,17H,7-8,10-11,14H2,1-2H3,(H,30,35)(H,31,32,33). The summed E-state index contributed by atoms with van der Waals surface area (Å²) >= 11 is 0. The van der Waals surface area contributed by atoms with E-state index < -0.39 is 29.0 Å². The largest absolute Gasteiger partial charge is 0.416 e. The van der Waals surface area contributed by atoms with Crippen molar-refractivity contribution < 1.29 is 22.4 Å². The van der Waals surface area contributed by atoms with Gasteiger partial charge in [-0.15, -0.1) is 0 Å². The van der Waals surface area contributed by atoms with Crippen LogP contribution < -0.4 is 15.5 Å². The molecule has 2 N–H and O–H groups in total. The number of hydrogen-bond acceptors (Lipinski definition) is 5. The van der Waals surface area contributed by atoms with Gasteiger partial charge in [0.05, 0.1) is 16.6 Å². The molecule has 0 saturated heterocycles. The molecule has 1 aliphatic rings. The summed E-state index contributed by atoms with van der Waals surface area (Å²) in [7, 11) is 3.87. The van der Waals surface area contributed by atoms with E-state index in [0.717, 1.165) is 42.4 Å². The van der Waals surface area contributed by atoms with Gasteiger partial charge in [-0.2, -0.15) is 18.2 Å².